The first-order valence-corrected chi connectivity index (χ1v) is 9.03. The molecule has 1 aliphatic rings. The molecule has 1 atom stereocenters. The average Bonchev–Trinajstić information content (AvgIpc) is 3.06. The fourth-order valence-corrected chi connectivity index (χ4v) is 3.14. The number of halogens is 1. The molecule has 2 heterocycles. The topological polar surface area (TPSA) is 57.7 Å². The van der Waals surface area contributed by atoms with Gasteiger partial charge in [0.25, 0.3) is 0 Å². The van der Waals surface area contributed by atoms with E-state index in [-0.39, 0.29) is 12.1 Å². The number of rotatable bonds is 7. The number of methoxy groups -OCH3 is 1. The molecule has 0 saturated carbocycles. The number of carbonyl (C=O) groups is 1. The van der Waals surface area contributed by atoms with E-state index in [0.29, 0.717) is 36.1 Å². The van der Waals surface area contributed by atoms with Crippen LogP contribution in [0.2, 0.25) is 5.02 Å². The summed E-state index contributed by atoms with van der Waals surface area (Å²) in [5.74, 6) is 0.269. The molecule has 6 heteroatoms. The van der Waals surface area contributed by atoms with Gasteiger partial charge in [-0.05, 0) is 37.5 Å². The lowest BCUT2D eigenvalue weighted by molar-refractivity contribution is -0.134. The van der Waals surface area contributed by atoms with Crippen molar-refractivity contribution in [3.8, 4) is 5.75 Å². The maximum atomic E-state index is 12.2. The van der Waals surface area contributed by atoms with Crippen LogP contribution in [0.25, 0.3) is 0 Å². The second-order valence-corrected chi connectivity index (χ2v) is 6.71. The zero-order chi connectivity index (χ0) is 18.5. The number of hydrogen-bond acceptors (Lipinski definition) is 5. The third-order valence-corrected chi connectivity index (χ3v) is 4.65. The number of nitrogens with zero attached hydrogens (tertiary/aromatic N) is 1. The molecule has 1 aliphatic heterocycles. The molecule has 5 nitrogen and oxygen atoms in total. The summed E-state index contributed by atoms with van der Waals surface area (Å²) in [7, 11) is 1.65. The van der Waals surface area contributed by atoms with Crippen molar-refractivity contribution >= 4 is 17.6 Å². The Morgan fingerprint density at radius 3 is 2.81 bits per heavy atom. The zero-order valence-electron chi connectivity index (χ0n) is 15.0. The van der Waals surface area contributed by atoms with Crippen LogP contribution in [0.5, 0.6) is 5.75 Å². The summed E-state index contributed by atoms with van der Waals surface area (Å²) in [5.41, 5.74) is 3.51. The number of pyridine rings is 1. The van der Waals surface area contributed by atoms with Crippen LogP contribution in [0.15, 0.2) is 30.5 Å². The Morgan fingerprint density at radius 1 is 1.31 bits per heavy atom. The third kappa shape index (κ3) is 4.23. The molecule has 0 radical (unpaired) electrons. The van der Waals surface area contributed by atoms with Crippen LogP contribution in [0.4, 0.5) is 0 Å². The van der Waals surface area contributed by atoms with Crippen LogP contribution >= 0.6 is 11.6 Å². The molecule has 0 aliphatic carbocycles. The molecule has 26 heavy (non-hydrogen) atoms. The summed E-state index contributed by atoms with van der Waals surface area (Å²) in [6, 6.07) is 7.54. The van der Waals surface area contributed by atoms with Crippen molar-refractivity contribution in [2.45, 2.75) is 38.9 Å². The number of carbonyl (C=O) groups excluding carboxylic acids is 1. The van der Waals surface area contributed by atoms with Crippen molar-refractivity contribution in [3.63, 3.8) is 0 Å². The fourth-order valence-electron chi connectivity index (χ4n) is 3.01. The largest absolute Gasteiger partial charge is 0.424 e. The van der Waals surface area contributed by atoms with Crippen LogP contribution in [0.1, 0.15) is 47.8 Å². The normalized spacial score (nSPS) is 15.7. The highest BCUT2D eigenvalue weighted by Gasteiger charge is 2.30. The summed E-state index contributed by atoms with van der Waals surface area (Å²) >= 11 is 5.96. The van der Waals surface area contributed by atoms with Gasteiger partial charge in [0.1, 0.15) is 6.10 Å². The lowest BCUT2D eigenvalue weighted by Gasteiger charge is -2.13. The molecule has 0 unspecified atom stereocenters. The molecule has 0 N–H and O–H groups in total. The summed E-state index contributed by atoms with van der Waals surface area (Å²) in [4.78, 5) is 16.6. The quantitative estimate of drug-likeness (QED) is 0.530. The minimum absolute atomic E-state index is 0.227. The van der Waals surface area contributed by atoms with Crippen molar-refractivity contribution in [1.29, 1.82) is 0 Å². The molecule has 2 aromatic rings. The van der Waals surface area contributed by atoms with Gasteiger partial charge in [-0.15, -0.1) is 0 Å². The smallest absolute Gasteiger partial charge is 0.311 e. The second-order valence-electron chi connectivity index (χ2n) is 6.27. The van der Waals surface area contributed by atoms with Gasteiger partial charge in [0.15, 0.2) is 5.75 Å². The number of aryl methyl sites for hydroxylation is 1. The Kier molecular flexibility index (Phi) is 6.25. The Morgan fingerprint density at radius 2 is 2.08 bits per heavy atom. The second kappa shape index (κ2) is 8.62. The van der Waals surface area contributed by atoms with Crippen LogP contribution < -0.4 is 4.74 Å². The SMILES string of the molecule is COCCCCC(=O)Oc1c(C)ncc2c1CO[C@H]2c1ccc(Cl)cc1. The number of ether oxygens (including phenoxy) is 3. The molecule has 3 rings (SSSR count). The zero-order valence-corrected chi connectivity index (χ0v) is 15.7. The molecule has 0 spiro atoms. The van der Waals surface area contributed by atoms with Crippen LogP contribution in [0.3, 0.4) is 0 Å². The number of benzene rings is 1. The highest BCUT2D eigenvalue weighted by molar-refractivity contribution is 6.30. The van der Waals surface area contributed by atoms with E-state index in [9.17, 15) is 4.79 Å². The molecule has 138 valence electrons. The van der Waals surface area contributed by atoms with Crippen molar-refractivity contribution < 1.29 is 19.0 Å². The summed E-state index contributed by atoms with van der Waals surface area (Å²) in [5, 5.41) is 0.678. The minimum atomic E-state index is -0.255. The molecule has 1 aromatic carbocycles. The van der Waals surface area contributed by atoms with Gasteiger partial charge < -0.3 is 14.2 Å². The molecule has 0 amide bonds. The van der Waals surface area contributed by atoms with Gasteiger partial charge in [-0.3, -0.25) is 9.78 Å². The molecular formula is C20H22ClNO4. The van der Waals surface area contributed by atoms with E-state index >= 15 is 0 Å². The van der Waals surface area contributed by atoms with Crippen LogP contribution in [-0.2, 0) is 20.9 Å². The Hall–Kier alpha value is -1.95. The number of esters is 1. The van der Waals surface area contributed by atoms with Crippen molar-refractivity contribution in [3.05, 3.63) is 57.9 Å². The Labute approximate surface area is 158 Å². The number of fused-ring (bicyclic) bond motifs is 1. The lowest BCUT2D eigenvalue weighted by Crippen LogP contribution is -2.11. The maximum absolute atomic E-state index is 12.2. The predicted molar refractivity (Wildman–Crippen MR) is 98.4 cm³/mol. The van der Waals surface area contributed by atoms with Gasteiger partial charge in [0.05, 0.1) is 12.3 Å². The minimum Gasteiger partial charge on any atom is -0.424 e. The van der Waals surface area contributed by atoms with E-state index in [2.05, 4.69) is 4.98 Å². The lowest BCUT2D eigenvalue weighted by atomic mass is 10.0. The standard InChI is InChI=1S/C20H22ClNO4/c1-13-19(26-18(23)5-3-4-10-24-2)17-12-25-20(16(17)11-22-13)14-6-8-15(21)9-7-14/h6-9,11,20H,3-5,10,12H2,1-2H3/t20-/m0/s1. The summed E-state index contributed by atoms with van der Waals surface area (Å²) < 4.78 is 16.6. The maximum Gasteiger partial charge on any atom is 0.311 e. The molecule has 0 fully saturated rings. The average molecular weight is 376 g/mol. The number of aromatic nitrogens is 1. The van der Waals surface area contributed by atoms with Crippen molar-refractivity contribution in [1.82, 2.24) is 4.98 Å². The van der Waals surface area contributed by atoms with Crippen molar-refractivity contribution in [2.24, 2.45) is 0 Å². The van der Waals surface area contributed by atoms with E-state index in [0.717, 1.165) is 29.5 Å². The van der Waals surface area contributed by atoms with E-state index in [4.69, 9.17) is 25.8 Å². The van der Waals surface area contributed by atoms with Gasteiger partial charge in [0, 0.05) is 42.5 Å². The first kappa shape index (κ1) is 18.8. The summed E-state index contributed by atoms with van der Waals surface area (Å²) in [6.45, 7) is 2.87. The molecule has 0 saturated heterocycles. The molecule has 1 aromatic heterocycles. The first-order chi connectivity index (χ1) is 12.6. The van der Waals surface area contributed by atoms with Crippen molar-refractivity contribution in [2.75, 3.05) is 13.7 Å². The van der Waals surface area contributed by atoms with E-state index in [1.54, 1.807) is 13.3 Å². The summed E-state index contributed by atoms with van der Waals surface area (Å²) in [6.07, 6.45) is 3.49. The van der Waals surface area contributed by atoms with E-state index in [1.807, 2.05) is 31.2 Å². The van der Waals surface area contributed by atoms with Gasteiger partial charge in [0.2, 0.25) is 0 Å². The van der Waals surface area contributed by atoms with E-state index in [1.165, 1.54) is 0 Å². The molecular weight excluding hydrogens is 354 g/mol. The van der Waals surface area contributed by atoms with Gasteiger partial charge in [-0.25, -0.2) is 0 Å². The fraction of sp³-hybridized carbons (Fsp3) is 0.400. The van der Waals surface area contributed by atoms with Gasteiger partial charge >= 0.3 is 5.97 Å². The number of unbranched alkanes of at least 4 members (excludes halogenated alkanes) is 1. The molecule has 0 bridgehead atoms. The van der Waals surface area contributed by atoms with E-state index < -0.39 is 0 Å². The van der Waals surface area contributed by atoms with Crippen LogP contribution in [0, 0.1) is 6.92 Å². The van der Waals surface area contributed by atoms with Crippen LogP contribution in [-0.4, -0.2) is 24.7 Å². The Balaban J connectivity index is 1.77. The number of hydrogen-bond donors (Lipinski definition) is 0. The predicted octanol–water partition coefficient (Wildman–Crippen LogP) is 4.39. The monoisotopic (exact) mass is 375 g/mol. The third-order valence-electron chi connectivity index (χ3n) is 4.39. The highest BCUT2D eigenvalue weighted by Crippen LogP contribution is 2.41. The van der Waals surface area contributed by atoms with Gasteiger partial charge in [-0.2, -0.15) is 0 Å². The van der Waals surface area contributed by atoms with Gasteiger partial charge in [-0.1, -0.05) is 23.7 Å². The first-order valence-electron chi connectivity index (χ1n) is 8.65. The Bertz CT molecular complexity index is 776. The highest BCUT2D eigenvalue weighted by atomic mass is 35.5.